The molecule has 1 atom stereocenters. The Morgan fingerprint density at radius 3 is 2.50 bits per heavy atom. The molecule has 0 radical (unpaired) electrons. The van der Waals surface area contributed by atoms with E-state index in [1.165, 1.54) is 12.8 Å². The summed E-state index contributed by atoms with van der Waals surface area (Å²) in [6.07, 6.45) is 2.14. The summed E-state index contributed by atoms with van der Waals surface area (Å²) < 4.78 is 5.20. The second-order valence-electron chi connectivity index (χ2n) is 5.91. The van der Waals surface area contributed by atoms with Gasteiger partial charge >= 0.3 is 0 Å². The highest BCUT2D eigenvalue weighted by Gasteiger charge is 2.20. The molecule has 1 saturated heterocycles. The van der Waals surface area contributed by atoms with E-state index in [1.807, 2.05) is 0 Å². The molecule has 4 heteroatoms. The zero-order valence-electron chi connectivity index (χ0n) is 12.2. The Morgan fingerprint density at radius 1 is 1.28 bits per heavy atom. The van der Waals surface area contributed by atoms with E-state index in [0.717, 1.165) is 32.8 Å². The Labute approximate surface area is 112 Å². The van der Waals surface area contributed by atoms with Gasteiger partial charge < -0.3 is 20.1 Å². The van der Waals surface area contributed by atoms with Crippen LogP contribution in [0.5, 0.6) is 0 Å². The third-order valence-corrected chi connectivity index (χ3v) is 3.51. The van der Waals surface area contributed by atoms with Gasteiger partial charge in [0.05, 0.1) is 6.10 Å². The molecular formula is C14H30N2O2. The maximum atomic E-state index is 9.95. The zero-order chi connectivity index (χ0) is 13.4. The fraction of sp³-hybridized carbons (Fsp3) is 1.00. The van der Waals surface area contributed by atoms with Crippen molar-refractivity contribution in [2.45, 2.75) is 32.8 Å². The number of likely N-dealkylation sites (tertiary alicyclic amines) is 1. The minimum Gasteiger partial charge on any atom is -0.390 e. The largest absolute Gasteiger partial charge is 0.390 e. The van der Waals surface area contributed by atoms with Gasteiger partial charge in [-0.2, -0.15) is 0 Å². The second-order valence-corrected chi connectivity index (χ2v) is 5.91. The molecule has 1 aliphatic rings. The van der Waals surface area contributed by atoms with Crippen molar-refractivity contribution >= 4 is 0 Å². The van der Waals surface area contributed by atoms with Gasteiger partial charge in [0, 0.05) is 26.8 Å². The molecule has 0 bridgehead atoms. The predicted molar refractivity (Wildman–Crippen MR) is 74.8 cm³/mol. The Bertz CT molecular complexity index is 204. The van der Waals surface area contributed by atoms with Crippen LogP contribution in [0.3, 0.4) is 0 Å². The number of aliphatic hydroxyl groups is 1. The summed E-state index contributed by atoms with van der Waals surface area (Å²) in [6.45, 7) is 9.91. The molecular weight excluding hydrogens is 228 g/mol. The minimum atomic E-state index is -0.247. The molecule has 4 nitrogen and oxygen atoms in total. The van der Waals surface area contributed by atoms with Crippen LogP contribution in [-0.4, -0.2) is 62.6 Å². The number of methoxy groups -OCH3 is 1. The standard InChI is InChI=1S/C14H30N2O2/c1-12(2)8-15-9-14(17)10-16-6-4-13(5-7-16)11-18-3/h12-15,17H,4-11H2,1-3H3. The first-order valence-corrected chi connectivity index (χ1v) is 7.22. The Hall–Kier alpha value is -0.160. The van der Waals surface area contributed by atoms with Gasteiger partial charge in [0.25, 0.3) is 0 Å². The summed E-state index contributed by atoms with van der Waals surface area (Å²) >= 11 is 0. The average molecular weight is 258 g/mol. The molecule has 1 rings (SSSR count). The van der Waals surface area contributed by atoms with E-state index in [2.05, 4.69) is 24.1 Å². The maximum Gasteiger partial charge on any atom is 0.0791 e. The van der Waals surface area contributed by atoms with Crippen molar-refractivity contribution in [1.29, 1.82) is 0 Å². The molecule has 0 aromatic carbocycles. The van der Waals surface area contributed by atoms with Crippen LogP contribution < -0.4 is 5.32 Å². The molecule has 0 aromatic heterocycles. The van der Waals surface area contributed by atoms with E-state index in [9.17, 15) is 5.11 Å². The number of nitrogens with zero attached hydrogens (tertiary/aromatic N) is 1. The fourth-order valence-electron chi connectivity index (χ4n) is 2.47. The minimum absolute atomic E-state index is 0.247. The molecule has 0 aliphatic carbocycles. The van der Waals surface area contributed by atoms with Crippen LogP contribution in [-0.2, 0) is 4.74 Å². The first kappa shape index (κ1) is 15.9. The van der Waals surface area contributed by atoms with Crippen molar-refractivity contribution < 1.29 is 9.84 Å². The zero-order valence-corrected chi connectivity index (χ0v) is 12.2. The van der Waals surface area contributed by atoms with Crippen molar-refractivity contribution in [3.05, 3.63) is 0 Å². The van der Waals surface area contributed by atoms with Gasteiger partial charge in [-0.15, -0.1) is 0 Å². The molecule has 0 saturated carbocycles. The molecule has 18 heavy (non-hydrogen) atoms. The predicted octanol–water partition coefficient (Wildman–Crippen LogP) is 0.951. The first-order valence-electron chi connectivity index (χ1n) is 7.22. The fourth-order valence-corrected chi connectivity index (χ4v) is 2.47. The topological polar surface area (TPSA) is 44.7 Å². The number of ether oxygens (including phenoxy) is 1. The van der Waals surface area contributed by atoms with E-state index in [1.54, 1.807) is 7.11 Å². The smallest absolute Gasteiger partial charge is 0.0791 e. The molecule has 108 valence electrons. The van der Waals surface area contributed by atoms with Gasteiger partial charge in [-0.3, -0.25) is 0 Å². The van der Waals surface area contributed by atoms with Crippen molar-refractivity contribution in [2.24, 2.45) is 11.8 Å². The van der Waals surface area contributed by atoms with Crippen molar-refractivity contribution in [2.75, 3.05) is 46.4 Å². The van der Waals surface area contributed by atoms with Crippen LogP contribution in [0.1, 0.15) is 26.7 Å². The van der Waals surface area contributed by atoms with Crippen molar-refractivity contribution in [3.8, 4) is 0 Å². The van der Waals surface area contributed by atoms with Crippen molar-refractivity contribution in [1.82, 2.24) is 10.2 Å². The van der Waals surface area contributed by atoms with Crippen LogP contribution >= 0.6 is 0 Å². The lowest BCUT2D eigenvalue weighted by Gasteiger charge is -2.32. The van der Waals surface area contributed by atoms with Gasteiger partial charge in [-0.1, -0.05) is 13.8 Å². The first-order chi connectivity index (χ1) is 8.61. The molecule has 1 fully saturated rings. The van der Waals surface area contributed by atoms with Gasteiger partial charge in [0.15, 0.2) is 0 Å². The normalized spacial score (nSPS) is 20.5. The summed E-state index contributed by atoms with van der Waals surface area (Å²) in [5, 5.41) is 13.3. The van der Waals surface area contributed by atoms with Crippen LogP contribution in [0.2, 0.25) is 0 Å². The van der Waals surface area contributed by atoms with E-state index in [-0.39, 0.29) is 6.10 Å². The van der Waals surface area contributed by atoms with E-state index in [4.69, 9.17) is 4.74 Å². The maximum absolute atomic E-state index is 9.95. The second kappa shape index (κ2) is 8.86. The lowest BCUT2D eigenvalue weighted by molar-refractivity contribution is 0.0656. The summed E-state index contributed by atoms with van der Waals surface area (Å²) in [7, 11) is 1.77. The van der Waals surface area contributed by atoms with E-state index < -0.39 is 0 Å². The number of hydrogen-bond donors (Lipinski definition) is 2. The molecule has 0 spiro atoms. The van der Waals surface area contributed by atoms with Gasteiger partial charge in [-0.25, -0.2) is 0 Å². The van der Waals surface area contributed by atoms with E-state index >= 15 is 0 Å². The Kier molecular flexibility index (Phi) is 7.82. The Morgan fingerprint density at radius 2 is 1.94 bits per heavy atom. The molecule has 0 aromatic rings. The SMILES string of the molecule is COCC1CCN(CC(O)CNCC(C)C)CC1. The highest BCUT2D eigenvalue weighted by atomic mass is 16.5. The number of hydrogen-bond acceptors (Lipinski definition) is 4. The summed E-state index contributed by atoms with van der Waals surface area (Å²) in [5.41, 5.74) is 0. The van der Waals surface area contributed by atoms with Crippen LogP contribution in [0.25, 0.3) is 0 Å². The number of β-amino-alcohol motifs (C(OH)–C–C–N with tert-alkyl or cyclic N) is 1. The van der Waals surface area contributed by atoms with Gasteiger partial charge in [0.1, 0.15) is 0 Å². The molecule has 1 aliphatic heterocycles. The number of rotatable bonds is 8. The van der Waals surface area contributed by atoms with E-state index in [0.29, 0.717) is 18.4 Å². The third kappa shape index (κ3) is 6.69. The molecule has 2 N–H and O–H groups in total. The van der Waals surface area contributed by atoms with Crippen LogP contribution in [0.4, 0.5) is 0 Å². The number of piperidine rings is 1. The van der Waals surface area contributed by atoms with Crippen LogP contribution in [0.15, 0.2) is 0 Å². The van der Waals surface area contributed by atoms with Gasteiger partial charge in [0.2, 0.25) is 0 Å². The highest BCUT2D eigenvalue weighted by molar-refractivity contribution is 4.75. The molecule has 1 heterocycles. The summed E-state index contributed by atoms with van der Waals surface area (Å²) in [4.78, 5) is 2.37. The lowest BCUT2D eigenvalue weighted by Crippen LogP contribution is -2.43. The molecule has 0 amide bonds. The summed E-state index contributed by atoms with van der Waals surface area (Å²) in [6, 6.07) is 0. The number of aliphatic hydroxyl groups excluding tert-OH is 1. The van der Waals surface area contributed by atoms with Crippen molar-refractivity contribution in [3.63, 3.8) is 0 Å². The molecule has 1 unspecified atom stereocenters. The quantitative estimate of drug-likeness (QED) is 0.680. The van der Waals surface area contributed by atoms with Crippen LogP contribution in [0, 0.1) is 11.8 Å². The number of nitrogens with one attached hydrogen (secondary N) is 1. The Balaban J connectivity index is 2.08. The van der Waals surface area contributed by atoms with Gasteiger partial charge in [-0.05, 0) is 44.3 Å². The average Bonchev–Trinajstić information content (AvgIpc) is 2.31. The summed E-state index contributed by atoms with van der Waals surface area (Å²) in [5.74, 6) is 1.35. The lowest BCUT2D eigenvalue weighted by atomic mass is 9.97. The highest BCUT2D eigenvalue weighted by Crippen LogP contribution is 2.17. The third-order valence-electron chi connectivity index (χ3n) is 3.51. The monoisotopic (exact) mass is 258 g/mol.